The second kappa shape index (κ2) is 7.25. The van der Waals surface area contributed by atoms with Crippen LogP contribution in [0.1, 0.15) is 12.5 Å². The predicted octanol–water partition coefficient (Wildman–Crippen LogP) is 2.21. The van der Waals surface area contributed by atoms with Crippen LogP contribution < -0.4 is 10.1 Å². The highest BCUT2D eigenvalue weighted by atomic mass is 19.1. The van der Waals surface area contributed by atoms with Crippen molar-refractivity contribution < 1.29 is 13.9 Å². The Kier molecular flexibility index (Phi) is 5.94. The summed E-state index contributed by atoms with van der Waals surface area (Å²) in [5, 5.41) is 3.20. The van der Waals surface area contributed by atoms with Crippen molar-refractivity contribution in [2.45, 2.75) is 13.5 Å². The van der Waals surface area contributed by atoms with E-state index in [1.54, 1.807) is 19.2 Å². The zero-order valence-electron chi connectivity index (χ0n) is 10.6. The lowest BCUT2D eigenvalue weighted by molar-refractivity contribution is 0.158. The molecule has 96 valence electrons. The van der Waals surface area contributed by atoms with E-state index in [2.05, 4.69) is 12.2 Å². The zero-order chi connectivity index (χ0) is 12.7. The maximum Gasteiger partial charge on any atom is 0.131 e. The average Bonchev–Trinajstić information content (AvgIpc) is 2.31. The third kappa shape index (κ3) is 4.71. The predicted molar refractivity (Wildman–Crippen MR) is 65.7 cm³/mol. The summed E-state index contributed by atoms with van der Waals surface area (Å²) in [5.41, 5.74) is 0.649. The molecule has 0 heterocycles. The lowest BCUT2D eigenvalue weighted by Gasteiger charge is -2.12. The number of rotatable bonds is 7. The topological polar surface area (TPSA) is 30.5 Å². The van der Waals surface area contributed by atoms with Crippen molar-refractivity contribution in [3.63, 3.8) is 0 Å². The van der Waals surface area contributed by atoms with E-state index < -0.39 is 0 Å². The number of nitrogens with one attached hydrogen (secondary N) is 1. The lowest BCUT2D eigenvalue weighted by atomic mass is 10.1. The molecule has 0 aromatic heterocycles. The fourth-order valence-corrected chi connectivity index (χ4v) is 1.60. The van der Waals surface area contributed by atoms with E-state index >= 15 is 0 Å². The van der Waals surface area contributed by atoms with Gasteiger partial charge in [-0.25, -0.2) is 4.39 Å². The van der Waals surface area contributed by atoms with E-state index in [1.807, 2.05) is 0 Å². The van der Waals surface area contributed by atoms with Crippen molar-refractivity contribution in [2.24, 2.45) is 5.92 Å². The molecule has 1 N–H and O–H groups in total. The Bertz CT molecular complexity index is 344. The summed E-state index contributed by atoms with van der Waals surface area (Å²) in [5.74, 6) is 0.719. The molecule has 0 fully saturated rings. The maximum absolute atomic E-state index is 13.6. The molecule has 17 heavy (non-hydrogen) atoms. The van der Waals surface area contributed by atoms with Crippen LogP contribution in [-0.4, -0.2) is 27.4 Å². The van der Waals surface area contributed by atoms with Crippen LogP contribution in [0.4, 0.5) is 4.39 Å². The molecule has 0 amide bonds. The smallest absolute Gasteiger partial charge is 0.131 e. The molecule has 0 bridgehead atoms. The van der Waals surface area contributed by atoms with Crippen molar-refractivity contribution in [3.05, 3.63) is 29.6 Å². The van der Waals surface area contributed by atoms with E-state index in [9.17, 15) is 4.39 Å². The van der Waals surface area contributed by atoms with E-state index in [4.69, 9.17) is 9.47 Å². The first kappa shape index (κ1) is 13.9. The van der Waals surface area contributed by atoms with E-state index in [0.29, 0.717) is 30.4 Å². The number of halogens is 1. The van der Waals surface area contributed by atoms with Crippen LogP contribution in [0, 0.1) is 11.7 Å². The summed E-state index contributed by atoms with van der Waals surface area (Å²) in [6.07, 6.45) is 0. The van der Waals surface area contributed by atoms with Crippen LogP contribution in [0.25, 0.3) is 0 Å². The van der Waals surface area contributed by atoms with Gasteiger partial charge in [0, 0.05) is 38.4 Å². The largest absolute Gasteiger partial charge is 0.497 e. The van der Waals surface area contributed by atoms with E-state index in [1.165, 1.54) is 13.2 Å². The molecule has 0 aliphatic heterocycles. The summed E-state index contributed by atoms with van der Waals surface area (Å²) in [7, 11) is 3.21. The third-order valence-corrected chi connectivity index (χ3v) is 2.52. The molecule has 1 rings (SSSR count). The third-order valence-electron chi connectivity index (χ3n) is 2.52. The van der Waals surface area contributed by atoms with Gasteiger partial charge in [-0.1, -0.05) is 13.0 Å². The molecule has 1 unspecified atom stereocenters. The fraction of sp³-hybridized carbons (Fsp3) is 0.538. The summed E-state index contributed by atoms with van der Waals surface area (Å²) in [6, 6.07) is 4.90. The molecule has 1 atom stereocenters. The minimum absolute atomic E-state index is 0.240. The van der Waals surface area contributed by atoms with Gasteiger partial charge in [0.1, 0.15) is 11.6 Å². The van der Waals surface area contributed by atoms with Gasteiger partial charge in [0.2, 0.25) is 0 Å². The Morgan fingerprint density at radius 2 is 2.12 bits per heavy atom. The molecule has 0 saturated heterocycles. The van der Waals surface area contributed by atoms with Gasteiger partial charge >= 0.3 is 0 Å². The van der Waals surface area contributed by atoms with Gasteiger partial charge in [-0.2, -0.15) is 0 Å². The van der Waals surface area contributed by atoms with Gasteiger partial charge < -0.3 is 14.8 Å². The summed E-state index contributed by atoms with van der Waals surface area (Å²) < 4.78 is 23.5. The molecule has 3 nitrogen and oxygen atoms in total. The van der Waals surface area contributed by atoms with Crippen molar-refractivity contribution in [2.75, 3.05) is 27.4 Å². The second-order valence-corrected chi connectivity index (χ2v) is 4.15. The highest BCUT2D eigenvalue weighted by molar-refractivity contribution is 5.28. The minimum Gasteiger partial charge on any atom is -0.497 e. The number of benzene rings is 1. The van der Waals surface area contributed by atoms with Gasteiger partial charge in [-0.3, -0.25) is 0 Å². The Balaban J connectivity index is 2.41. The Morgan fingerprint density at radius 3 is 2.71 bits per heavy atom. The second-order valence-electron chi connectivity index (χ2n) is 4.15. The summed E-state index contributed by atoms with van der Waals surface area (Å²) in [4.78, 5) is 0. The number of methoxy groups -OCH3 is 2. The van der Waals surface area contributed by atoms with Crippen molar-refractivity contribution in [1.82, 2.24) is 5.32 Å². The van der Waals surface area contributed by atoms with Crippen LogP contribution >= 0.6 is 0 Å². The van der Waals surface area contributed by atoms with Crippen LogP contribution in [-0.2, 0) is 11.3 Å². The Hall–Kier alpha value is -1.13. The summed E-state index contributed by atoms with van der Waals surface area (Å²) in [6.45, 7) is 4.11. The van der Waals surface area contributed by atoms with Gasteiger partial charge in [0.25, 0.3) is 0 Å². The molecule has 0 radical (unpaired) electrons. The standard InChI is InChI=1S/C13H20FNO2/c1-10(9-16-2)7-15-8-11-4-5-12(17-3)6-13(11)14/h4-6,10,15H,7-9H2,1-3H3. The van der Waals surface area contributed by atoms with Crippen molar-refractivity contribution in [1.29, 1.82) is 0 Å². The lowest BCUT2D eigenvalue weighted by Crippen LogP contribution is -2.23. The normalized spacial score (nSPS) is 12.5. The molecule has 1 aromatic carbocycles. The molecular formula is C13H20FNO2. The van der Waals surface area contributed by atoms with Crippen LogP contribution in [0.3, 0.4) is 0 Å². The van der Waals surface area contributed by atoms with Gasteiger partial charge in [0.05, 0.1) is 7.11 Å². The summed E-state index contributed by atoms with van der Waals surface area (Å²) >= 11 is 0. The van der Waals surface area contributed by atoms with Crippen molar-refractivity contribution in [3.8, 4) is 5.75 Å². The van der Waals surface area contributed by atoms with Gasteiger partial charge in [0.15, 0.2) is 0 Å². The van der Waals surface area contributed by atoms with Crippen LogP contribution in [0.5, 0.6) is 5.75 Å². The SMILES string of the molecule is COCC(C)CNCc1ccc(OC)cc1F. The first-order valence-corrected chi connectivity index (χ1v) is 5.69. The molecule has 0 aliphatic carbocycles. The van der Waals surface area contributed by atoms with E-state index in [-0.39, 0.29) is 5.82 Å². The number of hydrogen-bond donors (Lipinski definition) is 1. The first-order chi connectivity index (χ1) is 8.17. The molecule has 0 spiro atoms. The highest BCUT2D eigenvalue weighted by Crippen LogP contribution is 2.15. The number of hydrogen-bond acceptors (Lipinski definition) is 3. The van der Waals surface area contributed by atoms with Crippen LogP contribution in [0.15, 0.2) is 18.2 Å². The van der Waals surface area contributed by atoms with Gasteiger partial charge in [-0.05, 0) is 12.0 Å². The van der Waals surface area contributed by atoms with Crippen molar-refractivity contribution >= 4 is 0 Å². The monoisotopic (exact) mass is 241 g/mol. The first-order valence-electron chi connectivity index (χ1n) is 5.69. The average molecular weight is 241 g/mol. The molecular weight excluding hydrogens is 221 g/mol. The highest BCUT2D eigenvalue weighted by Gasteiger charge is 2.05. The molecule has 0 aliphatic rings. The van der Waals surface area contributed by atoms with Gasteiger partial charge in [-0.15, -0.1) is 0 Å². The maximum atomic E-state index is 13.6. The molecule has 0 saturated carbocycles. The quantitative estimate of drug-likeness (QED) is 0.794. The van der Waals surface area contributed by atoms with Crippen LogP contribution in [0.2, 0.25) is 0 Å². The fourth-order valence-electron chi connectivity index (χ4n) is 1.60. The minimum atomic E-state index is -0.240. The van der Waals surface area contributed by atoms with E-state index in [0.717, 1.165) is 6.54 Å². The number of ether oxygens (including phenoxy) is 2. The molecule has 4 heteroatoms. The Labute approximate surface area is 102 Å². The Morgan fingerprint density at radius 1 is 1.35 bits per heavy atom. The zero-order valence-corrected chi connectivity index (χ0v) is 10.6. The molecule has 1 aromatic rings.